The fourth-order valence-electron chi connectivity index (χ4n) is 2.90. The van der Waals surface area contributed by atoms with Gasteiger partial charge in [-0.2, -0.15) is 0 Å². The molecule has 0 radical (unpaired) electrons. The largest absolute Gasteiger partial charge is 0.478 e. The number of rotatable bonds is 5. The molecule has 1 aromatic heterocycles. The van der Waals surface area contributed by atoms with E-state index < -0.39 is 5.97 Å². The highest BCUT2D eigenvalue weighted by Crippen LogP contribution is 2.28. The summed E-state index contributed by atoms with van der Waals surface area (Å²) in [6, 6.07) is 5.48. The Balaban J connectivity index is 1.67. The molecule has 0 fully saturated rings. The maximum absolute atomic E-state index is 11.0. The van der Waals surface area contributed by atoms with E-state index in [2.05, 4.69) is 14.5 Å². The van der Waals surface area contributed by atoms with Crippen LogP contribution < -0.4 is 4.90 Å². The van der Waals surface area contributed by atoms with E-state index in [9.17, 15) is 4.79 Å². The number of hydrogen-bond donors (Lipinski definition) is 1. The summed E-state index contributed by atoms with van der Waals surface area (Å²) < 4.78 is 2.08. The molecule has 1 aliphatic rings. The van der Waals surface area contributed by atoms with Gasteiger partial charge in [-0.1, -0.05) is 0 Å². The standard InChI is InChI=1S/C16H19N3O2/c20-16(21)14-4-5-15-13(11-14)3-1-8-19(15)9-2-7-18-10-6-17-12-18/h4-6,10-12H,1-3,7-9H2,(H,20,21). The Labute approximate surface area is 123 Å². The highest BCUT2D eigenvalue weighted by Gasteiger charge is 2.18. The zero-order valence-electron chi connectivity index (χ0n) is 11.9. The lowest BCUT2D eigenvalue weighted by molar-refractivity contribution is 0.0697. The van der Waals surface area contributed by atoms with Crippen LogP contribution >= 0.6 is 0 Å². The average Bonchev–Trinajstić information content (AvgIpc) is 3.00. The first-order chi connectivity index (χ1) is 10.2. The maximum Gasteiger partial charge on any atom is 0.335 e. The third kappa shape index (κ3) is 3.07. The number of aryl methyl sites for hydroxylation is 2. The molecule has 1 aromatic carbocycles. The van der Waals surface area contributed by atoms with Crippen molar-refractivity contribution in [2.45, 2.75) is 25.8 Å². The lowest BCUT2D eigenvalue weighted by Crippen LogP contribution is -2.31. The molecule has 5 nitrogen and oxygen atoms in total. The summed E-state index contributed by atoms with van der Waals surface area (Å²) in [5, 5.41) is 9.08. The van der Waals surface area contributed by atoms with Crippen LogP contribution in [-0.4, -0.2) is 33.7 Å². The van der Waals surface area contributed by atoms with E-state index in [1.165, 1.54) is 5.69 Å². The smallest absolute Gasteiger partial charge is 0.335 e. The van der Waals surface area contributed by atoms with Crippen LogP contribution in [-0.2, 0) is 13.0 Å². The Morgan fingerprint density at radius 3 is 3.00 bits per heavy atom. The first-order valence-electron chi connectivity index (χ1n) is 7.31. The number of anilines is 1. The lowest BCUT2D eigenvalue weighted by Gasteiger charge is -2.31. The fourth-order valence-corrected chi connectivity index (χ4v) is 2.90. The Hall–Kier alpha value is -2.30. The number of hydrogen-bond acceptors (Lipinski definition) is 3. The molecule has 0 aliphatic carbocycles. The molecule has 1 N–H and O–H groups in total. The van der Waals surface area contributed by atoms with Gasteiger partial charge in [0.25, 0.3) is 0 Å². The van der Waals surface area contributed by atoms with E-state index in [1.54, 1.807) is 12.3 Å². The van der Waals surface area contributed by atoms with E-state index in [0.717, 1.165) is 44.5 Å². The monoisotopic (exact) mass is 285 g/mol. The molecule has 2 heterocycles. The van der Waals surface area contributed by atoms with Gasteiger partial charge < -0.3 is 14.6 Å². The number of fused-ring (bicyclic) bond motifs is 1. The van der Waals surface area contributed by atoms with Crippen molar-refractivity contribution < 1.29 is 9.90 Å². The fraction of sp³-hybridized carbons (Fsp3) is 0.375. The first-order valence-corrected chi connectivity index (χ1v) is 7.31. The summed E-state index contributed by atoms with van der Waals surface area (Å²) in [7, 11) is 0. The minimum atomic E-state index is -0.852. The zero-order valence-corrected chi connectivity index (χ0v) is 11.9. The molecule has 0 amide bonds. The topological polar surface area (TPSA) is 58.4 Å². The van der Waals surface area contributed by atoms with Crippen molar-refractivity contribution in [3.8, 4) is 0 Å². The average molecular weight is 285 g/mol. The minimum Gasteiger partial charge on any atom is -0.478 e. The van der Waals surface area contributed by atoms with Crippen molar-refractivity contribution in [3.05, 3.63) is 48.0 Å². The predicted molar refractivity (Wildman–Crippen MR) is 80.8 cm³/mol. The van der Waals surface area contributed by atoms with Crippen LogP contribution in [0.3, 0.4) is 0 Å². The van der Waals surface area contributed by atoms with E-state index in [0.29, 0.717) is 5.56 Å². The van der Waals surface area contributed by atoms with Crippen LogP contribution in [0.2, 0.25) is 0 Å². The summed E-state index contributed by atoms with van der Waals surface area (Å²) in [6.07, 6.45) is 8.71. The van der Waals surface area contributed by atoms with Crippen LogP contribution in [0.15, 0.2) is 36.9 Å². The molecule has 3 rings (SSSR count). The second-order valence-corrected chi connectivity index (χ2v) is 5.39. The van der Waals surface area contributed by atoms with Crippen molar-refractivity contribution in [1.29, 1.82) is 0 Å². The molecule has 2 aromatic rings. The van der Waals surface area contributed by atoms with Crippen LogP contribution in [0, 0.1) is 0 Å². The molecule has 0 saturated heterocycles. The van der Waals surface area contributed by atoms with E-state index in [1.807, 2.05) is 24.7 Å². The number of imidazole rings is 1. The molecule has 1 aliphatic heterocycles. The van der Waals surface area contributed by atoms with Crippen molar-refractivity contribution >= 4 is 11.7 Å². The molecule has 0 unspecified atom stereocenters. The van der Waals surface area contributed by atoms with E-state index in [-0.39, 0.29) is 0 Å². The third-order valence-electron chi connectivity index (χ3n) is 3.94. The Kier molecular flexibility index (Phi) is 3.90. The summed E-state index contributed by atoms with van der Waals surface area (Å²) in [4.78, 5) is 17.5. The third-order valence-corrected chi connectivity index (χ3v) is 3.94. The molecule has 110 valence electrons. The summed E-state index contributed by atoms with van der Waals surface area (Å²) >= 11 is 0. The van der Waals surface area contributed by atoms with Crippen LogP contribution in [0.5, 0.6) is 0 Å². The molecule has 5 heteroatoms. The maximum atomic E-state index is 11.0. The van der Waals surface area contributed by atoms with Crippen LogP contribution in [0.4, 0.5) is 5.69 Å². The van der Waals surface area contributed by atoms with E-state index >= 15 is 0 Å². The normalized spacial score (nSPS) is 14.0. The van der Waals surface area contributed by atoms with Crippen molar-refractivity contribution in [1.82, 2.24) is 9.55 Å². The minimum absolute atomic E-state index is 0.383. The summed E-state index contributed by atoms with van der Waals surface area (Å²) in [6.45, 7) is 2.99. The van der Waals surface area contributed by atoms with Gasteiger partial charge in [0.2, 0.25) is 0 Å². The molecular formula is C16H19N3O2. The van der Waals surface area contributed by atoms with Gasteiger partial charge in [-0.15, -0.1) is 0 Å². The number of benzene rings is 1. The van der Waals surface area contributed by atoms with Gasteiger partial charge in [0.05, 0.1) is 11.9 Å². The highest BCUT2D eigenvalue weighted by atomic mass is 16.4. The molecule has 21 heavy (non-hydrogen) atoms. The zero-order chi connectivity index (χ0) is 14.7. The van der Waals surface area contributed by atoms with Crippen molar-refractivity contribution in [2.24, 2.45) is 0 Å². The van der Waals surface area contributed by atoms with Gasteiger partial charge in [-0.05, 0) is 43.0 Å². The van der Waals surface area contributed by atoms with Crippen molar-refractivity contribution in [2.75, 3.05) is 18.0 Å². The number of carbonyl (C=O) groups is 1. The van der Waals surface area contributed by atoms with Gasteiger partial charge >= 0.3 is 5.97 Å². The summed E-state index contributed by atoms with van der Waals surface area (Å²) in [5.74, 6) is -0.852. The lowest BCUT2D eigenvalue weighted by atomic mass is 9.99. The number of aromatic nitrogens is 2. The molecule has 0 saturated carbocycles. The number of nitrogens with zero attached hydrogens (tertiary/aromatic N) is 3. The molecule has 0 bridgehead atoms. The van der Waals surface area contributed by atoms with Crippen molar-refractivity contribution in [3.63, 3.8) is 0 Å². The SMILES string of the molecule is O=C(O)c1ccc2c(c1)CCCN2CCCn1ccnc1. The van der Waals surface area contributed by atoms with Gasteiger partial charge in [0.1, 0.15) is 0 Å². The Morgan fingerprint density at radius 2 is 2.24 bits per heavy atom. The number of carboxylic acids is 1. The molecular weight excluding hydrogens is 266 g/mol. The molecule has 0 atom stereocenters. The van der Waals surface area contributed by atoms with Crippen LogP contribution in [0.25, 0.3) is 0 Å². The highest BCUT2D eigenvalue weighted by molar-refractivity contribution is 5.88. The second kappa shape index (κ2) is 5.99. The number of aromatic carboxylic acids is 1. The van der Waals surface area contributed by atoms with Gasteiger partial charge in [0.15, 0.2) is 0 Å². The van der Waals surface area contributed by atoms with Crippen LogP contribution in [0.1, 0.15) is 28.8 Å². The van der Waals surface area contributed by atoms with E-state index in [4.69, 9.17) is 5.11 Å². The second-order valence-electron chi connectivity index (χ2n) is 5.39. The number of carboxylic acid groups (broad SMARTS) is 1. The van der Waals surface area contributed by atoms with Gasteiger partial charge in [-0.3, -0.25) is 0 Å². The van der Waals surface area contributed by atoms with Gasteiger partial charge in [0, 0.05) is 37.7 Å². The Morgan fingerprint density at radius 1 is 1.33 bits per heavy atom. The summed E-state index contributed by atoms with van der Waals surface area (Å²) in [5.41, 5.74) is 2.73. The quantitative estimate of drug-likeness (QED) is 0.916. The first kappa shape index (κ1) is 13.7. The predicted octanol–water partition coefficient (Wildman–Crippen LogP) is 2.42. The Bertz CT molecular complexity index is 622. The molecule has 0 spiro atoms. The van der Waals surface area contributed by atoms with Gasteiger partial charge in [-0.25, -0.2) is 9.78 Å².